The fourth-order valence-corrected chi connectivity index (χ4v) is 3.10. The van der Waals surface area contributed by atoms with Crippen molar-refractivity contribution in [3.05, 3.63) is 30.1 Å². The smallest absolute Gasteiger partial charge is 0.229 e. The molecule has 1 aromatic heterocycles. The van der Waals surface area contributed by atoms with Crippen LogP contribution in [0.25, 0.3) is 0 Å². The molecule has 2 aliphatic rings. The molecule has 0 bridgehead atoms. The predicted octanol–water partition coefficient (Wildman–Crippen LogP) is 0.0936. The number of carbonyl (C=O) groups is 3. The van der Waals surface area contributed by atoms with E-state index < -0.39 is 0 Å². The van der Waals surface area contributed by atoms with Gasteiger partial charge in [-0.05, 0) is 11.6 Å². The van der Waals surface area contributed by atoms with Crippen LogP contribution in [0.1, 0.15) is 30.9 Å². The lowest BCUT2D eigenvalue weighted by Crippen LogP contribution is -2.49. The van der Waals surface area contributed by atoms with E-state index in [-0.39, 0.29) is 49.6 Å². The van der Waals surface area contributed by atoms with Crippen LogP contribution in [0.3, 0.4) is 0 Å². The van der Waals surface area contributed by atoms with Crippen molar-refractivity contribution < 1.29 is 14.4 Å². The second-order valence-electron chi connectivity index (χ2n) is 5.78. The van der Waals surface area contributed by atoms with Crippen LogP contribution in [0.15, 0.2) is 24.5 Å². The van der Waals surface area contributed by atoms with E-state index in [9.17, 15) is 14.4 Å². The zero-order chi connectivity index (χ0) is 16.2. The molecular formula is C16H20N4O3. The number of aromatic nitrogens is 1. The van der Waals surface area contributed by atoms with E-state index >= 15 is 0 Å². The molecule has 2 fully saturated rings. The highest BCUT2D eigenvalue weighted by Gasteiger charge is 2.31. The number of piperazine rings is 1. The van der Waals surface area contributed by atoms with Crippen molar-refractivity contribution in [2.24, 2.45) is 0 Å². The minimum absolute atomic E-state index is 0.0344. The van der Waals surface area contributed by atoms with Crippen LogP contribution in [0, 0.1) is 0 Å². The SMILES string of the molecule is O=C1CCC(=O)N1CCC(=O)N1CCNCC1c1cccnc1. The number of amides is 3. The van der Waals surface area contributed by atoms with Gasteiger partial charge in [-0.3, -0.25) is 24.3 Å². The quantitative estimate of drug-likeness (QED) is 0.796. The summed E-state index contributed by atoms with van der Waals surface area (Å²) in [6.45, 7) is 2.21. The van der Waals surface area contributed by atoms with Gasteiger partial charge < -0.3 is 10.2 Å². The molecule has 1 aromatic rings. The number of likely N-dealkylation sites (tertiary alicyclic amines) is 1. The zero-order valence-electron chi connectivity index (χ0n) is 12.9. The highest BCUT2D eigenvalue weighted by molar-refractivity contribution is 6.02. The Morgan fingerprint density at radius 3 is 2.78 bits per heavy atom. The summed E-state index contributed by atoms with van der Waals surface area (Å²) in [7, 11) is 0. The molecular weight excluding hydrogens is 296 g/mol. The largest absolute Gasteiger partial charge is 0.333 e. The van der Waals surface area contributed by atoms with Crippen molar-refractivity contribution in [3.63, 3.8) is 0 Å². The van der Waals surface area contributed by atoms with Crippen LogP contribution in [0.5, 0.6) is 0 Å². The van der Waals surface area contributed by atoms with E-state index in [4.69, 9.17) is 0 Å². The Morgan fingerprint density at radius 1 is 1.30 bits per heavy atom. The van der Waals surface area contributed by atoms with Gasteiger partial charge in [-0.2, -0.15) is 0 Å². The summed E-state index contributed by atoms with van der Waals surface area (Å²) in [6, 6.07) is 3.75. The summed E-state index contributed by atoms with van der Waals surface area (Å²) < 4.78 is 0. The van der Waals surface area contributed by atoms with E-state index in [1.807, 2.05) is 17.0 Å². The maximum Gasteiger partial charge on any atom is 0.229 e. The normalized spacial score (nSPS) is 21.8. The first kappa shape index (κ1) is 15.6. The molecule has 0 aliphatic carbocycles. The molecule has 1 N–H and O–H groups in total. The molecule has 122 valence electrons. The average molecular weight is 316 g/mol. The van der Waals surface area contributed by atoms with Crippen molar-refractivity contribution in [1.82, 2.24) is 20.1 Å². The molecule has 0 saturated carbocycles. The van der Waals surface area contributed by atoms with Gasteiger partial charge in [-0.1, -0.05) is 6.07 Å². The second-order valence-corrected chi connectivity index (χ2v) is 5.78. The average Bonchev–Trinajstić information content (AvgIpc) is 2.92. The number of carbonyl (C=O) groups excluding carboxylic acids is 3. The van der Waals surface area contributed by atoms with E-state index in [0.29, 0.717) is 13.1 Å². The van der Waals surface area contributed by atoms with E-state index in [0.717, 1.165) is 12.1 Å². The highest BCUT2D eigenvalue weighted by atomic mass is 16.2. The first-order chi connectivity index (χ1) is 11.2. The number of hydrogen-bond donors (Lipinski definition) is 1. The van der Waals surface area contributed by atoms with Gasteiger partial charge in [-0.25, -0.2) is 0 Å². The van der Waals surface area contributed by atoms with Crippen LogP contribution in [-0.4, -0.2) is 58.7 Å². The van der Waals surface area contributed by atoms with Crippen molar-refractivity contribution >= 4 is 17.7 Å². The Hall–Kier alpha value is -2.28. The standard InChI is InChI=1S/C16H20N4O3/c21-14-3-4-15(22)20(14)8-5-16(23)19-9-7-18-11-13(19)12-2-1-6-17-10-12/h1-2,6,10,13,18H,3-5,7-9,11H2. The van der Waals surface area contributed by atoms with Crippen molar-refractivity contribution in [3.8, 4) is 0 Å². The van der Waals surface area contributed by atoms with Gasteiger partial charge in [0.2, 0.25) is 17.7 Å². The van der Waals surface area contributed by atoms with E-state index in [1.54, 1.807) is 12.4 Å². The van der Waals surface area contributed by atoms with Gasteiger partial charge in [0.05, 0.1) is 6.04 Å². The van der Waals surface area contributed by atoms with Crippen molar-refractivity contribution in [2.75, 3.05) is 26.2 Å². The third-order valence-electron chi connectivity index (χ3n) is 4.34. The summed E-state index contributed by atoms with van der Waals surface area (Å²) in [5.41, 5.74) is 0.987. The minimum atomic E-state index is -0.174. The molecule has 1 unspecified atom stereocenters. The zero-order valence-corrected chi connectivity index (χ0v) is 12.9. The third-order valence-corrected chi connectivity index (χ3v) is 4.34. The molecule has 3 amide bonds. The number of imide groups is 1. The number of nitrogens with zero attached hydrogens (tertiary/aromatic N) is 3. The predicted molar refractivity (Wildman–Crippen MR) is 82.1 cm³/mol. The Kier molecular flexibility index (Phi) is 4.66. The number of nitrogens with one attached hydrogen (secondary N) is 1. The van der Waals surface area contributed by atoms with Crippen LogP contribution in [0.2, 0.25) is 0 Å². The molecule has 23 heavy (non-hydrogen) atoms. The fraction of sp³-hybridized carbons (Fsp3) is 0.500. The fourth-order valence-electron chi connectivity index (χ4n) is 3.10. The molecule has 0 radical (unpaired) electrons. The summed E-state index contributed by atoms with van der Waals surface area (Å²) in [4.78, 5) is 43.0. The Bertz CT molecular complexity index is 589. The lowest BCUT2D eigenvalue weighted by Gasteiger charge is -2.36. The molecule has 7 nitrogen and oxygen atoms in total. The van der Waals surface area contributed by atoms with Gasteiger partial charge in [0.15, 0.2) is 0 Å². The maximum atomic E-state index is 12.6. The molecule has 2 aliphatic heterocycles. The molecule has 1 atom stereocenters. The molecule has 2 saturated heterocycles. The molecule has 0 spiro atoms. The van der Waals surface area contributed by atoms with E-state index in [2.05, 4.69) is 10.3 Å². The number of rotatable bonds is 4. The lowest BCUT2D eigenvalue weighted by atomic mass is 10.0. The van der Waals surface area contributed by atoms with Gasteiger partial charge in [0.1, 0.15) is 0 Å². The van der Waals surface area contributed by atoms with Gasteiger partial charge in [-0.15, -0.1) is 0 Å². The van der Waals surface area contributed by atoms with Gasteiger partial charge in [0.25, 0.3) is 0 Å². The Labute approximate surface area is 134 Å². The Morgan fingerprint density at radius 2 is 2.09 bits per heavy atom. The van der Waals surface area contributed by atoms with Gasteiger partial charge in [0, 0.05) is 57.8 Å². The molecule has 3 heterocycles. The number of pyridine rings is 1. The highest BCUT2D eigenvalue weighted by Crippen LogP contribution is 2.22. The van der Waals surface area contributed by atoms with Crippen LogP contribution >= 0.6 is 0 Å². The summed E-state index contributed by atoms with van der Waals surface area (Å²) in [6.07, 6.45) is 4.17. The number of hydrogen-bond acceptors (Lipinski definition) is 5. The minimum Gasteiger partial charge on any atom is -0.333 e. The van der Waals surface area contributed by atoms with Crippen LogP contribution < -0.4 is 5.32 Å². The molecule has 0 aromatic carbocycles. The second kappa shape index (κ2) is 6.87. The van der Waals surface area contributed by atoms with Crippen LogP contribution in [0.4, 0.5) is 0 Å². The first-order valence-electron chi connectivity index (χ1n) is 7.90. The summed E-state index contributed by atoms with van der Waals surface area (Å²) in [5.74, 6) is -0.383. The lowest BCUT2D eigenvalue weighted by molar-refractivity contribution is -0.140. The Balaban J connectivity index is 1.65. The van der Waals surface area contributed by atoms with Crippen LogP contribution in [-0.2, 0) is 14.4 Å². The van der Waals surface area contributed by atoms with Crippen molar-refractivity contribution in [1.29, 1.82) is 0 Å². The van der Waals surface area contributed by atoms with Gasteiger partial charge >= 0.3 is 0 Å². The topological polar surface area (TPSA) is 82.6 Å². The summed E-state index contributed by atoms with van der Waals surface area (Å²) in [5, 5.41) is 3.29. The molecule has 7 heteroatoms. The van der Waals surface area contributed by atoms with Crippen molar-refractivity contribution in [2.45, 2.75) is 25.3 Å². The third kappa shape index (κ3) is 3.39. The molecule has 3 rings (SSSR count). The first-order valence-corrected chi connectivity index (χ1v) is 7.90. The monoisotopic (exact) mass is 316 g/mol. The van der Waals surface area contributed by atoms with E-state index in [1.165, 1.54) is 4.90 Å². The summed E-state index contributed by atoms with van der Waals surface area (Å²) >= 11 is 0. The maximum absolute atomic E-state index is 12.6.